The molecule has 0 aromatic carbocycles. The van der Waals surface area contributed by atoms with Gasteiger partial charge < -0.3 is 28.7 Å². The molecule has 0 aromatic heterocycles. The molecule has 1 aliphatic carbocycles. The first-order valence-corrected chi connectivity index (χ1v) is 13.3. The average molecular weight is 481 g/mol. The lowest BCUT2D eigenvalue weighted by Crippen LogP contribution is -2.59. The smallest absolute Gasteiger partial charge is 0.410 e. The minimum Gasteiger partial charge on any atom is -0.443 e. The average Bonchev–Trinajstić information content (AvgIpc) is 3.38. The van der Waals surface area contributed by atoms with Gasteiger partial charge in [0.15, 0.2) is 0 Å². The third kappa shape index (κ3) is 6.54. The van der Waals surface area contributed by atoms with E-state index in [9.17, 15) is 4.79 Å². The zero-order valence-electron chi connectivity index (χ0n) is 22.6. The highest BCUT2D eigenvalue weighted by atomic mass is 16.6. The molecule has 196 valence electrons. The molecule has 1 unspecified atom stereocenters. The fourth-order valence-electron chi connectivity index (χ4n) is 5.94. The number of nitrogens with zero attached hydrogens (tertiary/aromatic N) is 2. The molecule has 1 saturated carbocycles. The molecule has 1 amide bonds. The van der Waals surface area contributed by atoms with Gasteiger partial charge in [-0.25, -0.2) is 4.79 Å². The Hall–Kier alpha value is -1.15. The highest BCUT2D eigenvalue weighted by Crippen LogP contribution is 2.52. The summed E-state index contributed by atoms with van der Waals surface area (Å²) < 4.78 is 24.4. The summed E-state index contributed by atoms with van der Waals surface area (Å²) in [5, 5.41) is 0. The molecule has 0 aromatic rings. The van der Waals surface area contributed by atoms with Crippen LogP contribution >= 0.6 is 0 Å². The van der Waals surface area contributed by atoms with Crippen molar-refractivity contribution in [2.75, 3.05) is 53.0 Å². The number of rotatable bonds is 11. The number of ether oxygens (including phenoxy) is 4. The maximum atomic E-state index is 13.1. The Morgan fingerprint density at radius 2 is 1.94 bits per heavy atom. The lowest BCUT2D eigenvalue weighted by molar-refractivity contribution is -0.173. The molecule has 3 aliphatic rings. The summed E-state index contributed by atoms with van der Waals surface area (Å²) in [4.78, 5) is 17.5. The largest absolute Gasteiger partial charge is 0.443 e. The van der Waals surface area contributed by atoms with E-state index in [2.05, 4.69) is 52.5 Å². The third-order valence-corrected chi connectivity index (χ3v) is 8.14. The summed E-state index contributed by atoms with van der Waals surface area (Å²) in [5.41, 5.74) is 0.520. The van der Waals surface area contributed by atoms with Crippen molar-refractivity contribution < 1.29 is 23.7 Å². The Morgan fingerprint density at radius 1 is 1.24 bits per heavy atom. The first-order chi connectivity index (χ1) is 16.2. The van der Waals surface area contributed by atoms with Crippen LogP contribution in [-0.4, -0.2) is 92.4 Å². The van der Waals surface area contributed by atoms with Crippen LogP contribution in [0.4, 0.5) is 4.79 Å². The number of carbonyl (C=O) groups is 1. The van der Waals surface area contributed by atoms with Crippen molar-refractivity contribution >= 4 is 6.09 Å². The fraction of sp³-hybridized carbons (Fsp3) is 0.889. The molecule has 7 nitrogen and oxygen atoms in total. The summed E-state index contributed by atoms with van der Waals surface area (Å²) in [6, 6.07) is 0. The molecule has 34 heavy (non-hydrogen) atoms. The zero-order chi connectivity index (χ0) is 24.9. The van der Waals surface area contributed by atoms with Gasteiger partial charge in [-0.2, -0.15) is 0 Å². The van der Waals surface area contributed by atoms with Crippen molar-refractivity contribution in [1.29, 1.82) is 0 Å². The second-order valence-electron chi connectivity index (χ2n) is 11.1. The lowest BCUT2D eigenvalue weighted by atomic mass is 9.68. The Balaban J connectivity index is 1.60. The number of likely N-dealkylation sites (tertiary alicyclic amines) is 1. The van der Waals surface area contributed by atoms with Crippen LogP contribution in [0.2, 0.25) is 0 Å². The number of carbonyl (C=O) groups excluding carboxylic acids is 1. The Bertz CT molecular complexity index is 697. The maximum absolute atomic E-state index is 13.1. The van der Waals surface area contributed by atoms with Gasteiger partial charge in [0.1, 0.15) is 12.2 Å². The molecule has 2 aliphatic heterocycles. The maximum Gasteiger partial charge on any atom is 0.410 e. The van der Waals surface area contributed by atoms with Crippen molar-refractivity contribution in [3.63, 3.8) is 0 Å². The van der Waals surface area contributed by atoms with Crippen LogP contribution in [0.25, 0.3) is 0 Å². The van der Waals surface area contributed by atoms with Gasteiger partial charge in [-0.05, 0) is 78.9 Å². The second kappa shape index (κ2) is 11.7. The molecular formula is C27H48N2O5. The molecular weight excluding hydrogens is 432 g/mol. The van der Waals surface area contributed by atoms with Gasteiger partial charge in [0.2, 0.25) is 0 Å². The highest BCUT2D eigenvalue weighted by molar-refractivity contribution is 5.68. The fourth-order valence-corrected chi connectivity index (χ4v) is 5.94. The summed E-state index contributed by atoms with van der Waals surface area (Å²) in [6.45, 7) is 18.9. The topological polar surface area (TPSA) is 63.8 Å². The summed E-state index contributed by atoms with van der Waals surface area (Å²) in [6.07, 6.45) is 5.14. The van der Waals surface area contributed by atoms with Gasteiger partial charge in [-0.3, -0.25) is 0 Å². The number of methoxy groups -OCH3 is 1. The van der Waals surface area contributed by atoms with E-state index in [0.29, 0.717) is 19.1 Å². The molecule has 3 rings (SSSR count). The molecule has 3 fully saturated rings. The van der Waals surface area contributed by atoms with Crippen LogP contribution in [-0.2, 0) is 18.9 Å². The normalized spacial score (nSPS) is 31.2. The van der Waals surface area contributed by atoms with Gasteiger partial charge in [-0.1, -0.05) is 25.5 Å². The van der Waals surface area contributed by atoms with Crippen LogP contribution in [0, 0.1) is 11.8 Å². The molecule has 2 heterocycles. The monoisotopic (exact) mass is 480 g/mol. The summed E-state index contributed by atoms with van der Waals surface area (Å²) in [7, 11) is 1.71. The molecule has 0 radical (unpaired) electrons. The molecule has 7 heteroatoms. The Labute approximate surface area is 207 Å². The van der Waals surface area contributed by atoms with Gasteiger partial charge in [0.05, 0.1) is 24.4 Å². The van der Waals surface area contributed by atoms with E-state index in [0.717, 1.165) is 58.4 Å². The van der Waals surface area contributed by atoms with Gasteiger partial charge in [0, 0.05) is 26.1 Å². The van der Waals surface area contributed by atoms with Gasteiger partial charge in [0.25, 0.3) is 0 Å². The number of allylic oxidation sites excluding steroid dienone is 1. The van der Waals surface area contributed by atoms with E-state index in [1.54, 1.807) is 7.11 Å². The third-order valence-electron chi connectivity index (χ3n) is 8.14. The van der Waals surface area contributed by atoms with Crippen LogP contribution < -0.4 is 0 Å². The molecule has 1 spiro atoms. The van der Waals surface area contributed by atoms with E-state index >= 15 is 0 Å². The molecule has 0 N–H and O–H groups in total. The highest BCUT2D eigenvalue weighted by Gasteiger charge is 2.64. The van der Waals surface area contributed by atoms with Crippen molar-refractivity contribution in [2.24, 2.45) is 11.8 Å². The first-order valence-electron chi connectivity index (χ1n) is 13.3. The predicted octanol–water partition coefficient (Wildman–Crippen LogP) is 4.50. The lowest BCUT2D eigenvalue weighted by Gasteiger charge is -2.47. The minimum atomic E-state index is -0.475. The number of hydrogen-bond donors (Lipinski definition) is 0. The van der Waals surface area contributed by atoms with E-state index in [1.807, 2.05) is 4.90 Å². The van der Waals surface area contributed by atoms with Gasteiger partial charge >= 0.3 is 6.09 Å². The van der Waals surface area contributed by atoms with Crippen LogP contribution in [0.5, 0.6) is 0 Å². The summed E-state index contributed by atoms with van der Waals surface area (Å²) in [5.74, 6) is 0.540. The van der Waals surface area contributed by atoms with Crippen molar-refractivity contribution in [3.05, 3.63) is 11.6 Å². The van der Waals surface area contributed by atoms with Gasteiger partial charge in [-0.15, -0.1) is 0 Å². The SMILES string of the molecule is CCN(CC)CCC1CCN(C(=O)O[C@@H]2CC[C@]3(CO3)[C@@H](C(C)(C)OCC=C(C)C)[C@@H]2OC)C1. The Kier molecular flexibility index (Phi) is 9.46. The predicted molar refractivity (Wildman–Crippen MR) is 134 cm³/mol. The van der Waals surface area contributed by atoms with Crippen LogP contribution in [0.3, 0.4) is 0 Å². The van der Waals surface area contributed by atoms with E-state index in [1.165, 1.54) is 5.57 Å². The number of epoxide rings is 1. The molecule has 2 saturated heterocycles. The quantitative estimate of drug-likeness (QED) is 0.320. The number of amides is 1. The minimum absolute atomic E-state index is 0.0116. The standard InChI is InChI=1S/C27H48N2O5/c1-8-28(9-2)15-11-21-12-16-29(18-21)25(30)34-22-10-14-27(19-33-27)24(23(22)31-7)26(5,6)32-17-13-20(3)4/h13,21-24H,8-12,14-19H2,1-7H3/t21?,22-,23-,24-,27+/m1/s1. The number of hydrogen-bond acceptors (Lipinski definition) is 6. The van der Waals surface area contributed by atoms with Crippen molar-refractivity contribution in [2.45, 2.75) is 90.6 Å². The van der Waals surface area contributed by atoms with E-state index in [4.69, 9.17) is 18.9 Å². The molecule has 0 bridgehead atoms. The van der Waals surface area contributed by atoms with E-state index in [-0.39, 0.29) is 29.8 Å². The van der Waals surface area contributed by atoms with Crippen molar-refractivity contribution in [3.8, 4) is 0 Å². The van der Waals surface area contributed by atoms with E-state index < -0.39 is 5.60 Å². The summed E-state index contributed by atoms with van der Waals surface area (Å²) >= 11 is 0. The Morgan fingerprint density at radius 3 is 2.53 bits per heavy atom. The van der Waals surface area contributed by atoms with Crippen molar-refractivity contribution in [1.82, 2.24) is 9.80 Å². The van der Waals surface area contributed by atoms with Crippen LogP contribution in [0.1, 0.15) is 67.2 Å². The zero-order valence-corrected chi connectivity index (χ0v) is 22.6. The molecule has 5 atom stereocenters. The first kappa shape index (κ1) is 27.4. The second-order valence-corrected chi connectivity index (χ2v) is 11.1. The van der Waals surface area contributed by atoms with Crippen LogP contribution in [0.15, 0.2) is 11.6 Å².